The molecule has 2 aromatic carbocycles. The molecule has 0 unspecified atom stereocenters. The number of hydrogen-bond acceptors (Lipinski definition) is 5. The fraction of sp³-hybridized carbons (Fsp3) is 0.240. The number of benzene rings is 2. The second-order valence-corrected chi connectivity index (χ2v) is 7.58. The number of nitrogens with zero attached hydrogens (tertiary/aromatic N) is 3. The summed E-state index contributed by atoms with van der Waals surface area (Å²) in [5, 5.41) is 12.0. The Morgan fingerprint density at radius 1 is 1.00 bits per heavy atom. The van der Waals surface area contributed by atoms with E-state index in [0.29, 0.717) is 5.88 Å². The standard InChI is InChI=1S/C25H26N4O3/c1-17-18(2)29(14-19-9-5-4-6-10-19)23-22(17)13-27-28-24(23)31-15-20-11-7-8-12-21(20)16-32-25(30)26-3/h4-13H,14-16H2,1-3H3,(H,26,30). The molecule has 2 heterocycles. The quantitative estimate of drug-likeness (QED) is 0.466. The normalized spacial score (nSPS) is 10.8. The lowest BCUT2D eigenvalue weighted by Gasteiger charge is -2.13. The highest BCUT2D eigenvalue weighted by molar-refractivity contribution is 5.88. The van der Waals surface area contributed by atoms with Crippen molar-refractivity contribution in [2.24, 2.45) is 0 Å². The number of nitrogens with one attached hydrogen (secondary N) is 1. The van der Waals surface area contributed by atoms with Gasteiger partial charge < -0.3 is 19.4 Å². The molecule has 1 amide bonds. The van der Waals surface area contributed by atoms with Crippen LogP contribution in [-0.4, -0.2) is 27.9 Å². The zero-order valence-corrected chi connectivity index (χ0v) is 18.5. The van der Waals surface area contributed by atoms with Crippen LogP contribution in [0.2, 0.25) is 0 Å². The van der Waals surface area contributed by atoms with E-state index in [2.05, 4.69) is 46.1 Å². The van der Waals surface area contributed by atoms with E-state index in [1.165, 1.54) is 12.6 Å². The molecule has 32 heavy (non-hydrogen) atoms. The first-order valence-corrected chi connectivity index (χ1v) is 10.5. The van der Waals surface area contributed by atoms with Gasteiger partial charge in [-0.3, -0.25) is 0 Å². The highest BCUT2D eigenvalue weighted by Gasteiger charge is 2.18. The Labute approximate surface area is 187 Å². The number of fused-ring (bicyclic) bond motifs is 1. The molecule has 7 nitrogen and oxygen atoms in total. The smallest absolute Gasteiger partial charge is 0.407 e. The number of aromatic nitrogens is 3. The molecule has 164 valence electrons. The topological polar surface area (TPSA) is 78.3 Å². The van der Waals surface area contributed by atoms with Crippen molar-refractivity contribution in [3.05, 3.63) is 88.7 Å². The predicted octanol–water partition coefficient (Wildman–Crippen LogP) is 4.53. The van der Waals surface area contributed by atoms with Gasteiger partial charge in [0.15, 0.2) is 0 Å². The molecule has 2 aromatic heterocycles. The Kier molecular flexibility index (Phi) is 6.35. The SMILES string of the molecule is CNC(=O)OCc1ccccc1COc1nncc2c(C)c(C)n(Cc3ccccc3)c12. The van der Waals surface area contributed by atoms with E-state index in [-0.39, 0.29) is 13.2 Å². The maximum atomic E-state index is 11.5. The molecule has 0 radical (unpaired) electrons. The monoisotopic (exact) mass is 430 g/mol. The van der Waals surface area contributed by atoms with Crippen molar-refractivity contribution in [3.8, 4) is 5.88 Å². The van der Waals surface area contributed by atoms with Crippen molar-refractivity contribution < 1.29 is 14.3 Å². The van der Waals surface area contributed by atoms with E-state index in [0.717, 1.165) is 39.8 Å². The molecular weight excluding hydrogens is 404 g/mol. The molecule has 7 heteroatoms. The molecule has 0 saturated heterocycles. The minimum atomic E-state index is -0.471. The lowest BCUT2D eigenvalue weighted by molar-refractivity contribution is 0.141. The van der Waals surface area contributed by atoms with Crippen molar-refractivity contribution in [1.29, 1.82) is 0 Å². The second kappa shape index (κ2) is 9.51. The molecule has 0 aliphatic rings. The van der Waals surface area contributed by atoms with Gasteiger partial charge in [-0.2, -0.15) is 5.10 Å². The summed E-state index contributed by atoms with van der Waals surface area (Å²) in [4.78, 5) is 11.5. The highest BCUT2D eigenvalue weighted by Crippen LogP contribution is 2.31. The van der Waals surface area contributed by atoms with E-state index in [1.54, 1.807) is 6.20 Å². The third kappa shape index (κ3) is 4.42. The van der Waals surface area contributed by atoms with Crippen LogP contribution < -0.4 is 10.1 Å². The van der Waals surface area contributed by atoms with Crippen LogP contribution in [0.5, 0.6) is 5.88 Å². The Balaban J connectivity index is 1.63. The number of ether oxygens (including phenoxy) is 2. The molecule has 0 spiro atoms. The average Bonchev–Trinajstić information content (AvgIpc) is 3.07. The summed E-state index contributed by atoms with van der Waals surface area (Å²) < 4.78 is 13.6. The van der Waals surface area contributed by atoms with E-state index in [1.807, 2.05) is 42.5 Å². The number of carbonyl (C=O) groups is 1. The largest absolute Gasteiger partial charge is 0.470 e. The molecule has 0 saturated carbocycles. The predicted molar refractivity (Wildman–Crippen MR) is 123 cm³/mol. The molecule has 0 atom stereocenters. The molecule has 4 rings (SSSR count). The van der Waals surface area contributed by atoms with Crippen LogP contribution in [-0.2, 0) is 24.5 Å². The van der Waals surface area contributed by atoms with Gasteiger partial charge in [0.25, 0.3) is 5.88 Å². The minimum absolute atomic E-state index is 0.164. The number of alkyl carbamates (subject to hydrolysis) is 1. The number of carbonyl (C=O) groups excluding carboxylic acids is 1. The lowest BCUT2D eigenvalue weighted by atomic mass is 10.1. The van der Waals surface area contributed by atoms with Gasteiger partial charge in [-0.1, -0.05) is 54.6 Å². The van der Waals surface area contributed by atoms with Gasteiger partial charge in [0.2, 0.25) is 0 Å². The number of hydrogen-bond donors (Lipinski definition) is 1. The van der Waals surface area contributed by atoms with E-state index in [9.17, 15) is 4.79 Å². The Hall–Kier alpha value is -3.87. The first-order chi connectivity index (χ1) is 15.6. The summed E-state index contributed by atoms with van der Waals surface area (Å²) in [6, 6.07) is 18.0. The van der Waals surface area contributed by atoms with Crippen molar-refractivity contribution >= 4 is 17.0 Å². The van der Waals surface area contributed by atoms with Crippen LogP contribution >= 0.6 is 0 Å². The van der Waals surface area contributed by atoms with Gasteiger partial charge >= 0.3 is 6.09 Å². The van der Waals surface area contributed by atoms with Gasteiger partial charge in [0, 0.05) is 24.7 Å². The summed E-state index contributed by atoms with van der Waals surface area (Å²) in [6.45, 7) is 5.37. The van der Waals surface area contributed by atoms with Crippen molar-refractivity contribution in [2.75, 3.05) is 7.05 Å². The van der Waals surface area contributed by atoms with Crippen LogP contribution in [0.1, 0.15) is 27.9 Å². The molecular formula is C25H26N4O3. The molecule has 0 bridgehead atoms. The van der Waals surface area contributed by atoms with Crippen LogP contribution in [0.25, 0.3) is 10.9 Å². The molecule has 0 aliphatic carbocycles. The van der Waals surface area contributed by atoms with Crippen molar-refractivity contribution in [2.45, 2.75) is 33.6 Å². The first-order valence-electron chi connectivity index (χ1n) is 10.5. The number of amides is 1. The van der Waals surface area contributed by atoms with Gasteiger partial charge in [-0.25, -0.2) is 4.79 Å². The zero-order chi connectivity index (χ0) is 22.5. The van der Waals surface area contributed by atoms with Crippen LogP contribution in [0.3, 0.4) is 0 Å². The first kappa shape index (κ1) is 21.4. The lowest BCUT2D eigenvalue weighted by Crippen LogP contribution is -2.19. The van der Waals surface area contributed by atoms with E-state index >= 15 is 0 Å². The number of aryl methyl sites for hydroxylation is 1. The van der Waals surface area contributed by atoms with Gasteiger partial charge in [-0.05, 0) is 36.1 Å². The highest BCUT2D eigenvalue weighted by atomic mass is 16.5. The molecule has 0 aliphatic heterocycles. The van der Waals surface area contributed by atoms with Crippen molar-refractivity contribution in [3.63, 3.8) is 0 Å². The average molecular weight is 431 g/mol. The Bertz CT molecular complexity index is 1230. The zero-order valence-electron chi connectivity index (χ0n) is 18.5. The fourth-order valence-electron chi connectivity index (χ4n) is 3.72. The molecule has 4 aromatic rings. The summed E-state index contributed by atoms with van der Waals surface area (Å²) in [6.07, 6.45) is 1.32. The maximum absolute atomic E-state index is 11.5. The summed E-state index contributed by atoms with van der Waals surface area (Å²) in [7, 11) is 1.53. The summed E-state index contributed by atoms with van der Waals surface area (Å²) in [5.41, 5.74) is 6.25. The van der Waals surface area contributed by atoms with Crippen LogP contribution in [0.15, 0.2) is 60.8 Å². The number of rotatable bonds is 7. The Morgan fingerprint density at radius 3 is 2.41 bits per heavy atom. The van der Waals surface area contributed by atoms with Gasteiger partial charge in [0.05, 0.1) is 6.20 Å². The van der Waals surface area contributed by atoms with Crippen LogP contribution in [0, 0.1) is 13.8 Å². The third-order valence-electron chi connectivity index (χ3n) is 5.64. The fourth-order valence-corrected chi connectivity index (χ4v) is 3.72. The van der Waals surface area contributed by atoms with E-state index < -0.39 is 6.09 Å². The second-order valence-electron chi connectivity index (χ2n) is 7.58. The molecule has 0 fully saturated rings. The van der Waals surface area contributed by atoms with Gasteiger partial charge in [0.1, 0.15) is 18.7 Å². The van der Waals surface area contributed by atoms with Crippen LogP contribution in [0.4, 0.5) is 4.79 Å². The van der Waals surface area contributed by atoms with E-state index in [4.69, 9.17) is 9.47 Å². The minimum Gasteiger partial charge on any atom is -0.470 e. The van der Waals surface area contributed by atoms with Gasteiger partial charge in [-0.15, -0.1) is 5.10 Å². The summed E-state index contributed by atoms with van der Waals surface area (Å²) >= 11 is 0. The Morgan fingerprint density at radius 2 is 1.69 bits per heavy atom. The molecule has 1 N–H and O–H groups in total. The van der Waals surface area contributed by atoms with Crippen molar-refractivity contribution in [1.82, 2.24) is 20.1 Å². The summed E-state index contributed by atoms with van der Waals surface area (Å²) in [5.74, 6) is 0.483. The third-order valence-corrected chi connectivity index (χ3v) is 5.64. The maximum Gasteiger partial charge on any atom is 0.407 e.